The van der Waals surface area contributed by atoms with Crippen LogP contribution in [0.2, 0.25) is 5.15 Å². The van der Waals surface area contributed by atoms with E-state index >= 15 is 0 Å². The van der Waals surface area contributed by atoms with Crippen molar-refractivity contribution in [2.45, 2.75) is 50.8 Å². The molecule has 1 spiro atoms. The monoisotopic (exact) mass is 341 g/mol. The Kier molecular flexibility index (Phi) is 4.47. The topological polar surface area (TPSA) is 60.0 Å². The zero-order valence-corrected chi connectivity index (χ0v) is 15.0. The maximum atomic E-state index is 12.7. The summed E-state index contributed by atoms with van der Waals surface area (Å²) in [6, 6.07) is 3.99. The second kappa shape index (κ2) is 5.95. The van der Waals surface area contributed by atoms with E-state index in [1.54, 1.807) is 0 Å². The molecule has 1 fully saturated rings. The zero-order valence-electron chi connectivity index (χ0n) is 13.4. The number of nitrogens with one attached hydrogen (secondary N) is 2. The Morgan fingerprint density at radius 2 is 2.05 bits per heavy atom. The first kappa shape index (κ1) is 16.5. The Morgan fingerprint density at radius 1 is 1.36 bits per heavy atom. The Morgan fingerprint density at radius 3 is 2.68 bits per heavy atom. The van der Waals surface area contributed by atoms with Crippen molar-refractivity contribution in [1.29, 1.82) is 0 Å². The van der Waals surface area contributed by atoms with Gasteiger partial charge in [-0.05, 0) is 64.8 Å². The van der Waals surface area contributed by atoms with Gasteiger partial charge in [0, 0.05) is 22.5 Å². The van der Waals surface area contributed by atoms with Gasteiger partial charge >= 0.3 is 0 Å². The quantitative estimate of drug-likeness (QED) is 0.641. The van der Waals surface area contributed by atoms with E-state index in [4.69, 9.17) is 11.6 Å². The molecule has 6 heteroatoms. The SMILES string of the molecule is CC(C)(C)[S@@+]([O-])N[C@@H]1c2ccc(Cl)nc2CC12CCNCC2. The van der Waals surface area contributed by atoms with Crippen LogP contribution in [0.4, 0.5) is 0 Å². The molecular weight excluding hydrogens is 318 g/mol. The van der Waals surface area contributed by atoms with Crippen LogP contribution in [0.5, 0.6) is 0 Å². The number of hydrogen-bond acceptors (Lipinski definition) is 4. The van der Waals surface area contributed by atoms with Crippen molar-refractivity contribution < 1.29 is 4.55 Å². The lowest BCUT2D eigenvalue weighted by atomic mass is 9.74. The van der Waals surface area contributed by atoms with Crippen molar-refractivity contribution in [3.63, 3.8) is 0 Å². The molecule has 0 radical (unpaired) electrons. The second-order valence-electron chi connectivity index (χ2n) is 7.39. The van der Waals surface area contributed by atoms with Gasteiger partial charge in [-0.15, -0.1) is 4.72 Å². The van der Waals surface area contributed by atoms with Gasteiger partial charge in [-0.3, -0.25) is 0 Å². The van der Waals surface area contributed by atoms with Crippen LogP contribution >= 0.6 is 11.6 Å². The molecule has 2 N–H and O–H groups in total. The molecule has 1 aromatic rings. The van der Waals surface area contributed by atoms with E-state index in [2.05, 4.69) is 21.1 Å². The van der Waals surface area contributed by atoms with E-state index in [1.165, 1.54) is 5.56 Å². The summed E-state index contributed by atoms with van der Waals surface area (Å²) in [5.41, 5.74) is 2.34. The molecule has 3 rings (SSSR count). The molecule has 4 nitrogen and oxygen atoms in total. The molecule has 0 unspecified atom stereocenters. The summed E-state index contributed by atoms with van der Waals surface area (Å²) in [4.78, 5) is 4.53. The average Bonchev–Trinajstić information content (AvgIpc) is 2.71. The highest BCUT2D eigenvalue weighted by Gasteiger charge is 2.50. The third kappa shape index (κ3) is 3.02. The van der Waals surface area contributed by atoms with Crippen LogP contribution in [0.1, 0.15) is 50.9 Å². The molecule has 0 amide bonds. The highest BCUT2D eigenvalue weighted by molar-refractivity contribution is 7.90. The molecule has 1 aromatic heterocycles. The minimum absolute atomic E-state index is 0.0921. The Bertz CT molecular complexity index is 555. The van der Waals surface area contributed by atoms with Gasteiger partial charge in [0.15, 0.2) is 0 Å². The van der Waals surface area contributed by atoms with E-state index in [0.717, 1.165) is 38.0 Å². The van der Waals surface area contributed by atoms with Crippen LogP contribution in [0.3, 0.4) is 0 Å². The van der Waals surface area contributed by atoms with Crippen molar-refractivity contribution in [2.24, 2.45) is 5.41 Å². The average molecular weight is 342 g/mol. The molecule has 0 saturated carbocycles. The largest absolute Gasteiger partial charge is 0.598 e. The first-order chi connectivity index (χ1) is 10.3. The summed E-state index contributed by atoms with van der Waals surface area (Å²) in [5, 5.41) is 3.97. The Balaban J connectivity index is 1.94. The number of fused-ring (bicyclic) bond motifs is 1. The lowest BCUT2D eigenvalue weighted by Crippen LogP contribution is -2.48. The fraction of sp³-hybridized carbons (Fsp3) is 0.688. The van der Waals surface area contributed by atoms with Gasteiger partial charge in [0.2, 0.25) is 0 Å². The molecule has 1 aliphatic carbocycles. The van der Waals surface area contributed by atoms with Crippen LogP contribution in [-0.4, -0.2) is 27.4 Å². The summed E-state index contributed by atoms with van der Waals surface area (Å²) < 4.78 is 15.8. The first-order valence-corrected chi connectivity index (χ1v) is 9.39. The van der Waals surface area contributed by atoms with E-state index in [0.29, 0.717) is 5.15 Å². The summed E-state index contributed by atoms with van der Waals surface area (Å²) in [6.07, 6.45) is 3.06. The molecule has 122 valence electrons. The number of piperidine rings is 1. The maximum Gasteiger partial charge on any atom is 0.136 e. The van der Waals surface area contributed by atoms with Crippen LogP contribution in [0.15, 0.2) is 12.1 Å². The van der Waals surface area contributed by atoms with E-state index in [9.17, 15) is 4.55 Å². The first-order valence-electron chi connectivity index (χ1n) is 7.86. The predicted octanol–water partition coefficient (Wildman–Crippen LogP) is 2.75. The molecule has 2 atom stereocenters. The van der Waals surface area contributed by atoms with Gasteiger partial charge < -0.3 is 9.87 Å². The molecular formula is C16H24ClN3OS. The van der Waals surface area contributed by atoms with Gasteiger partial charge in [0.25, 0.3) is 0 Å². The molecule has 2 aliphatic rings. The number of rotatable bonds is 2. The molecule has 1 saturated heterocycles. The molecule has 2 heterocycles. The zero-order chi connectivity index (χ0) is 16.0. The van der Waals surface area contributed by atoms with Gasteiger partial charge in [-0.2, -0.15) is 0 Å². The predicted molar refractivity (Wildman–Crippen MR) is 91.3 cm³/mol. The normalized spacial score (nSPS) is 25.2. The summed E-state index contributed by atoms with van der Waals surface area (Å²) in [5.74, 6) is 0. The van der Waals surface area contributed by atoms with E-state index in [1.807, 2.05) is 26.8 Å². The molecule has 0 bridgehead atoms. The van der Waals surface area contributed by atoms with E-state index in [-0.39, 0.29) is 16.2 Å². The van der Waals surface area contributed by atoms with Crippen molar-refractivity contribution in [3.8, 4) is 0 Å². The summed E-state index contributed by atoms with van der Waals surface area (Å²) in [7, 11) is 0. The van der Waals surface area contributed by atoms with Gasteiger partial charge in [-0.25, -0.2) is 4.98 Å². The Labute approximate surface area is 140 Å². The fourth-order valence-electron chi connectivity index (χ4n) is 3.52. The van der Waals surface area contributed by atoms with Crippen LogP contribution in [0, 0.1) is 5.41 Å². The smallest absolute Gasteiger partial charge is 0.136 e. The second-order valence-corrected chi connectivity index (χ2v) is 9.78. The van der Waals surface area contributed by atoms with Crippen molar-refractivity contribution in [3.05, 3.63) is 28.5 Å². The third-order valence-corrected chi connectivity index (χ3v) is 6.57. The molecule has 1 aliphatic heterocycles. The number of aromatic nitrogens is 1. The molecule has 22 heavy (non-hydrogen) atoms. The van der Waals surface area contributed by atoms with Crippen molar-refractivity contribution in [2.75, 3.05) is 13.1 Å². The minimum Gasteiger partial charge on any atom is -0.598 e. The summed E-state index contributed by atoms with van der Waals surface area (Å²) in [6.45, 7) is 8.01. The number of hydrogen-bond donors (Lipinski definition) is 2. The lowest BCUT2D eigenvalue weighted by molar-refractivity contribution is 0.163. The standard InChI is InChI=1S/C16H24ClN3OS/c1-15(2,3)22(21)20-14-11-4-5-13(17)19-12(11)10-16(14)6-8-18-9-7-16/h4-5,14,18,20H,6-10H2,1-3H3/t14-,22-/m1/s1. The highest BCUT2D eigenvalue weighted by Crippen LogP contribution is 2.51. The van der Waals surface area contributed by atoms with Gasteiger partial charge in [0.05, 0.1) is 6.04 Å². The number of pyridine rings is 1. The molecule has 0 aromatic carbocycles. The Hall–Kier alpha value is -0.330. The summed E-state index contributed by atoms with van der Waals surface area (Å²) >= 11 is 4.97. The van der Waals surface area contributed by atoms with Crippen LogP contribution < -0.4 is 10.0 Å². The van der Waals surface area contributed by atoms with Crippen molar-refractivity contribution >= 4 is 23.0 Å². The van der Waals surface area contributed by atoms with E-state index < -0.39 is 11.4 Å². The highest BCUT2D eigenvalue weighted by atomic mass is 35.5. The lowest BCUT2D eigenvalue weighted by Gasteiger charge is -2.40. The number of halogens is 1. The maximum absolute atomic E-state index is 12.7. The minimum atomic E-state index is -1.10. The van der Waals surface area contributed by atoms with Crippen LogP contribution in [-0.2, 0) is 17.8 Å². The van der Waals surface area contributed by atoms with Crippen LogP contribution in [0.25, 0.3) is 0 Å². The number of nitrogens with zero attached hydrogens (tertiary/aromatic N) is 1. The van der Waals surface area contributed by atoms with Gasteiger partial charge in [0.1, 0.15) is 9.90 Å². The third-order valence-electron chi connectivity index (χ3n) is 4.80. The van der Waals surface area contributed by atoms with Gasteiger partial charge in [-0.1, -0.05) is 17.7 Å². The van der Waals surface area contributed by atoms with Crippen molar-refractivity contribution in [1.82, 2.24) is 15.0 Å². The fourth-order valence-corrected chi connectivity index (χ4v) is 4.63.